The number of rotatable bonds is 3. The van der Waals surface area contributed by atoms with E-state index in [1.165, 1.54) is 5.30 Å². The van der Waals surface area contributed by atoms with Gasteiger partial charge in [0.15, 0.2) is 7.98 Å². The minimum absolute atomic E-state index is 0.373. The molecule has 2 radical (unpaired) electrons. The standard InChI is InChI=1S/C8H11BNP/c1-7(10-9)11-8-5-3-2-4-6-8/h2-7,10-11H,1H3. The molecule has 2 atom stereocenters. The van der Waals surface area contributed by atoms with Crippen LogP contribution in [0, 0.1) is 0 Å². The molecule has 0 saturated heterocycles. The Morgan fingerprint density at radius 3 is 2.55 bits per heavy atom. The fourth-order valence-corrected chi connectivity index (χ4v) is 1.79. The highest BCUT2D eigenvalue weighted by Crippen LogP contribution is 2.14. The van der Waals surface area contributed by atoms with Crippen molar-refractivity contribution in [1.29, 1.82) is 0 Å². The molecule has 11 heavy (non-hydrogen) atoms. The van der Waals surface area contributed by atoms with Gasteiger partial charge in [-0.1, -0.05) is 38.9 Å². The molecule has 0 aliphatic heterocycles. The monoisotopic (exact) mass is 163 g/mol. The number of nitrogens with one attached hydrogen (secondary N) is 1. The van der Waals surface area contributed by atoms with Crippen LogP contribution in [0.4, 0.5) is 0 Å². The van der Waals surface area contributed by atoms with Crippen LogP contribution in [0.2, 0.25) is 0 Å². The Hall–Kier alpha value is -0.325. The smallest absolute Gasteiger partial charge is 0.178 e. The molecule has 2 unspecified atom stereocenters. The quantitative estimate of drug-likeness (QED) is 0.517. The topological polar surface area (TPSA) is 12.0 Å². The van der Waals surface area contributed by atoms with Crippen molar-refractivity contribution in [1.82, 2.24) is 5.23 Å². The molecular weight excluding hydrogens is 152 g/mol. The number of benzene rings is 1. The second kappa shape index (κ2) is 4.53. The van der Waals surface area contributed by atoms with Gasteiger partial charge in [0.2, 0.25) is 0 Å². The van der Waals surface area contributed by atoms with Crippen LogP contribution in [0.3, 0.4) is 0 Å². The summed E-state index contributed by atoms with van der Waals surface area (Å²) in [6, 6.07) is 10.4. The summed E-state index contributed by atoms with van der Waals surface area (Å²) >= 11 is 0. The van der Waals surface area contributed by atoms with Gasteiger partial charge in [0, 0.05) is 5.78 Å². The Kier molecular flexibility index (Phi) is 3.61. The van der Waals surface area contributed by atoms with Crippen molar-refractivity contribution in [2.24, 2.45) is 0 Å². The fraction of sp³-hybridized carbons (Fsp3) is 0.250. The lowest BCUT2D eigenvalue weighted by molar-refractivity contribution is 0.939. The van der Waals surface area contributed by atoms with Gasteiger partial charge in [0.05, 0.1) is 0 Å². The van der Waals surface area contributed by atoms with Gasteiger partial charge in [0.25, 0.3) is 0 Å². The Labute approximate surface area is 70.8 Å². The summed E-state index contributed by atoms with van der Waals surface area (Å²) in [6.45, 7) is 2.07. The summed E-state index contributed by atoms with van der Waals surface area (Å²) in [4.78, 5) is 0. The van der Waals surface area contributed by atoms with Crippen LogP contribution >= 0.6 is 8.58 Å². The highest BCUT2D eigenvalue weighted by molar-refractivity contribution is 7.47. The van der Waals surface area contributed by atoms with Crippen LogP contribution in [0.15, 0.2) is 30.3 Å². The Balaban J connectivity index is 2.51. The predicted octanol–water partition coefficient (Wildman–Crippen LogP) is 1.01. The average molecular weight is 163 g/mol. The van der Waals surface area contributed by atoms with Crippen LogP contribution in [0.5, 0.6) is 0 Å². The Morgan fingerprint density at radius 1 is 1.36 bits per heavy atom. The van der Waals surface area contributed by atoms with E-state index in [0.717, 1.165) is 8.58 Å². The summed E-state index contributed by atoms with van der Waals surface area (Å²) in [5.41, 5.74) is 0. The lowest BCUT2D eigenvalue weighted by Gasteiger charge is -2.09. The third-order valence-corrected chi connectivity index (χ3v) is 2.67. The first-order chi connectivity index (χ1) is 5.33. The van der Waals surface area contributed by atoms with Crippen LogP contribution in [-0.4, -0.2) is 13.8 Å². The zero-order valence-electron chi connectivity index (χ0n) is 6.54. The zero-order chi connectivity index (χ0) is 8.10. The summed E-state index contributed by atoms with van der Waals surface area (Å²) in [5.74, 6) is 0.373. The molecule has 1 N–H and O–H groups in total. The molecule has 0 saturated carbocycles. The van der Waals surface area contributed by atoms with Gasteiger partial charge in [-0.2, -0.15) is 0 Å². The van der Waals surface area contributed by atoms with E-state index >= 15 is 0 Å². The first kappa shape index (κ1) is 8.77. The minimum atomic E-state index is 0.373. The zero-order valence-corrected chi connectivity index (χ0v) is 7.54. The van der Waals surface area contributed by atoms with Crippen molar-refractivity contribution < 1.29 is 0 Å². The van der Waals surface area contributed by atoms with E-state index in [4.69, 9.17) is 7.98 Å². The van der Waals surface area contributed by atoms with Crippen LogP contribution < -0.4 is 10.5 Å². The number of hydrogen-bond donors (Lipinski definition) is 1. The fourth-order valence-electron chi connectivity index (χ4n) is 0.826. The molecule has 0 bridgehead atoms. The average Bonchev–Trinajstić information content (AvgIpc) is 2.06. The lowest BCUT2D eigenvalue weighted by Crippen LogP contribution is -2.19. The molecule has 0 fully saturated rings. The maximum Gasteiger partial charge on any atom is 0.178 e. The maximum absolute atomic E-state index is 5.28. The van der Waals surface area contributed by atoms with Crippen LogP contribution in [-0.2, 0) is 0 Å². The Morgan fingerprint density at radius 2 is 2.00 bits per heavy atom. The van der Waals surface area contributed by atoms with Crippen LogP contribution in [0.1, 0.15) is 6.92 Å². The molecule has 1 nitrogen and oxygen atoms in total. The van der Waals surface area contributed by atoms with E-state index in [2.05, 4.69) is 24.3 Å². The highest BCUT2D eigenvalue weighted by Gasteiger charge is 1.97. The molecule has 1 rings (SSSR count). The normalized spacial score (nSPS) is 13.9. The van der Waals surface area contributed by atoms with Crippen molar-refractivity contribution in [3.05, 3.63) is 30.3 Å². The molecule has 1 aromatic rings. The van der Waals surface area contributed by atoms with Gasteiger partial charge in [0.1, 0.15) is 0 Å². The van der Waals surface area contributed by atoms with E-state index in [-0.39, 0.29) is 0 Å². The van der Waals surface area contributed by atoms with E-state index < -0.39 is 0 Å². The first-order valence-electron chi connectivity index (χ1n) is 3.60. The van der Waals surface area contributed by atoms with Gasteiger partial charge < -0.3 is 5.23 Å². The Bertz CT molecular complexity index is 203. The van der Waals surface area contributed by atoms with E-state index in [0.29, 0.717) is 5.78 Å². The third kappa shape index (κ3) is 3.05. The van der Waals surface area contributed by atoms with Gasteiger partial charge in [-0.3, -0.25) is 0 Å². The largest absolute Gasteiger partial charge is 0.360 e. The lowest BCUT2D eigenvalue weighted by atomic mass is 10.4. The van der Waals surface area contributed by atoms with Crippen molar-refractivity contribution in [3.8, 4) is 0 Å². The van der Waals surface area contributed by atoms with Gasteiger partial charge in [-0.15, -0.1) is 0 Å². The molecule has 0 spiro atoms. The van der Waals surface area contributed by atoms with Gasteiger partial charge in [-0.25, -0.2) is 0 Å². The second-order valence-electron chi connectivity index (χ2n) is 2.40. The number of hydrogen-bond acceptors (Lipinski definition) is 1. The highest BCUT2D eigenvalue weighted by atomic mass is 31.1. The van der Waals surface area contributed by atoms with Crippen LogP contribution in [0.25, 0.3) is 0 Å². The van der Waals surface area contributed by atoms with E-state index in [1.54, 1.807) is 0 Å². The molecule has 0 aromatic heterocycles. The summed E-state index contributed by atoms with van der Waals surface area (Å²) < 4.78 is 0. The SMILES string of the molecule is [B]NC(C)Pc1ccccc1. The molecule has 56 valence electrons. The first-order valence-corrected chi connectivity index (χ1v) is 4.68. The molecule has 0 aliphatic rings. The van der Waals surface area contributed by atoms with Crippen molar-refractivity contribution in [2.75, 3.05) is 0 Å². The van der Waals surface area contributed by atoms with E-state index in [9.17, 15) is 0 Å². The molecule has 0 heterocycles. The summed E-state index contributed by atoms with van der Waals surface area (Å²) in [6.07, 6.45) is 0. The summed E-state index contributed by atoms with van der Waals surface area (Å²) in [7, 11) is 6.02. The molecular formula is C8H11BNP. The molecule has 0 amide bonds. The predicted molar refractivity (Wildman–Crippen MR) is 52.7 cm³/mol. The van der Waals surface area contributed by atoms with Crippen molar-refractivity contribution in [2.45, 2.75) is 12.7 Å². The van der Waals surface area contributed by atoms with Crippen molar-refractivity contribution >= 4 is 21.9 Å². The molecule has 3 heteroatoms. The van der Waals surface area contributed by atoms with Gasteiger partial charge >= 0.3 is 0 Å². The summed E-state index contributed by atoms with van der Waals surface area (Å²) in [5, 5.41) is 4.07. The van der Waals surface area contributed by atoms with Crippen molar-refractivity contribution in [3.63, 3.8) is 0 Å². The third-order valence-electron chi connectivity index (χ3n) is 1.41. The van der Waals surface area contributed by atoms with E-state index in [1.807, 2.05) is 18.2 Å². The van der Waals surface area contributed by atoms with Gasteiger partial charge in [-0.05, 0) is 12.2 Å². The second-order valence-corrected chi connectivity index (χ2v) is 4.13. The molecule has 0 aliphatic carbocycles. The molecule has 1 aromatic carbocycles. The minimum Gasteiger partial charge on any atom is -0.360 e. The maximum atomic E-state index is 5.28.